The van der Waals surface area contributed by atoms with E-state index in [0.717, 1.165) is 4.90 Å². The zero-order valence-electron chi connectivity index (χ0n) is 8.25. The molecule has 0 atom stereocenters. The van der Waals surface area contributed by atoms with Crippen molar-refractivity contribution in [1.82, 2.24) is 4.90 Å². The molecule has 84 valence electrons. The second-order valence-corrected chi connectivity index (χ2v) is 3.11. The molecule has 0 unspecified atom stereocenters. The number of carbonyl (C=O) groups is 1. The van der Waals surface area contributed by atoms with Crippen molar-refractivity contribution in [3.63, 3.8) is 0 Å². The van der Waals surface area contributed by atoms with Gasteiger partial charge >= 0.3 is 57.4 Å². The van der Waals surface area contributed by atoms with Crippen molar-refractivity contribution in [1.29, 1.82) is 5.41 Å². The standard InChI is InChI=1S/C4H9N3O2.K.H3O4P/c1-7(4(5)6)2-3(8)9;;1-5(2,3)4/h2H2,1H3,(H3,5,6)(H,8,9);;(H3,1,2,3,4)/q;+1;/p-1. The summed E-state index contributed by atoms with van der Waals surface area (Å²) in [6.07, 6.45) is 0. The maximum absolute atomic E-state index is 9.92. The van der Waals surface area contributed by atoms with Gasteiger partial charge in [0.25, 0.3) is 7.82 Å². The zero-order chi connectivity index (χ0) is 11.9. The molecule has 0 aliphatic rings. The van der Waals surface area contributed by atoms with E-state index in [0.29, 0.717) is 0 Å². The third kappa shape index (κ3) is 31.4. The normalized spacial score (nSPS) is 9.07. The van der Waals surface area contributed by atoms with Gasteiger partial charge in [0.1, 0.15) is 6.54 Å². The molecule has 0 rings (SSSR count). The van der Waals surface area contributed by atoms with Crippen molar-refractivity contribution in [2.45, 2.75) is 0 Å². The molecule has 0 fully saturated rings. The number of phosphoric acid groups is 1. The van der Waals surface area contributed by atoms with Gasteiger partial charge in [0.15, 0.2) is 5.96 Å². The van der Waals surface area contributed by atoms with Crippen LogP contribution in [0.15, 0.2) is 0 Å². The van der Waals surface area contributed by atoms with Crippen LogP contribution in [-0.2, 0) is 9.36 Å². The first-order valence-electron chi connectivity index (χ1n) is 3.07. The van der Waals surface area contributed by atoms with Crippen LogP contribution in [0.2, 0.25) is 0 Å². The molecule has 0 bridgehead atoms. The fourth-order valence-electron chi connectivity index (χ4n) is 0.288. The fourth-order valence-corrected chi connectivity index (χ4v) is 0.288. The van der Waals surface area contributed by atoms with Crippen LogP contribution in [0.4, 0.5) is 0 Å². The Morgan fingerprint density at radius 1 is 1.60 bits per heavy atom. The van der Waals surface area contributed by atoms with Crippen molar-refractivity contribution >= 4 is 19.8 Å². The fraction of sp³-hybridized carbons (Fsp3) is 0.500. The zero-order valence-corrected chi connectivity index (χ0v) is 12.3. The summed E-state index contributed by atoms with van der Waals surface area (Å²) in [4.78, 5) is 34.0. The quantitative estimate of drug-likeness (QED) is 0.142. The average Bonchev–Trinajstić information content (AvgIpc) is 1.80. The van der Waals surface area contributed by atoms with E-state index in [2.05, 4.69) is 0 Å². The van der Waals surface area contributed by atoms with Gasteiger partial charge in [-0.05, 0) is 0 Å². The number of rotatable bonds is 2. The summed E-state index contributed by atoms with van der Waals surface area (Å²) in [5, 5.41) is 14.9. The van der Waals surface area contributed by atoms with Gasteiger partial charge in [0.05, 0.1) is 0 Å². The smallest absolute Gasteiger partial charge is 0.756 e. The number of aliphatic carboxylic acids is 1. The van der Waals surface area contributed by atoms with Gasteiger partial charge in [-0.25, -0.2) is 0 Å². The van der Waals surface area contributed by atoms with Crippen LogP contribution >= 0.6 is 7.82 Å². The number of nitrogens with one attached hydrogen (secondary N) is 1. The number of likely N-dealkylation sites (N-methyl/N-ethyl adjacent to an activating group) is 1. The van der Waals surface area contributed by atoms with E-state index in [-0.39, 0.29) is 63.9 Å². The Labute approximate surface area is 128 Å². The molecule has 0 heterocycles. The Kier molecular flexibility index (Phi) is 13.5. The van der Waals surface area contributed by atoms with Crippen LogP contribution in [0.1, 0.15) is 0 Å². The summed E-state index contributed by atoms with van der Waals surface area (Å²) in [7, 11) is -3.45. The third-order valence-corrected chi connectivity index (χ3v) is 0.784. The van der Waals surface area contributed by atoms with Crippen LogP contribution in [0, 0.1) is 5.41 Å². The second kappa shape index (κ2) is 9.69. The van der Waals surface area contributed by atoms with Crippen LogP contribution < -0.4 is 62.0 Å². The summed E-state index contributed by atoms with van der Waals surface area (Å²) in [5.74, 6) is -1.23. The Hall–Kier alpha value is 0.486. The summed E-state index contributed by atoms with van der Waals surface area (Å²) < 4.78 is 8.77. The third-order valence-electron chi connectivity index (χ3n) is 0.784. The van der Waals surface area contributed by atoms with E-state index in [4.69, 9.17) is 35.5 Å². The van der Waals surface area contributed by atoms with E-state index in [9.17, 15) is 4.79 Å². The molecule has 15 heavy (non-hydrogen) atoms. The minimum absolute atomic E-state index is 0. The maximum Gasteiger partial charge on any atom is 1.00 e. The molecule has 0 saturated heterocycles. The summed E-state index contributed by atoms with van der Waals surface area (Å²) in [6, 6.07) is 0. The molecule has 6 N–H and O–H groups in total. The molecular formula is C4H11KN3O6P. The first-order valence-corrected chi connectivity index (χ1v) is 4.60. The number of nitrogens with zero attached hydrogens (tertiary/aromatic N) is 1. The van der Waals surface area contributed by atoms with E-state index < -0.39 is 13.8 Å². The predicted octanol–water partition coefficient (Wildman–Crippen LogP) is -5.66. The van der Waals surface area contributed by atoms with Gasteiger partial charge < -0.3 is 30.4 Å². The van der Waals surface area contributed by atoms with Gasteiger partial charge in [-0.2, -0.15) is 0 Å². The number of hydrogen-bond donors (Lipinski definition) is 5. The van der Waals surface area contributed by atoms with Crippen molar-refractivity contribution in [2.24, 2.45) is 5.73 Å². The molecular weight excluding hydrogens is 256 g/mol. The molecule has 0 aromatic carbocycles. The molecule has 0 radical (unpaired) electrons. The number of carboxylic acid groups (broad SMARTS) is 1. The molecule has 0 aromatic heterocycles. The molecule has 0 saturated carbocycles. The molecule has 0 spiro atoms. The molecule has 11 heteroatoms. The Morgan fingerprint density at radius 2 is 1.87 bits per heavy atom. The largest absolute Gasteiger partial charge is 1.00 e. The molecule has 9 nitrogen and oxygen atoms in total. The van der Waals surface area contributed by atoms with E-state index >= 15 is 0 Å². The van der Waals surface area contributed by atoms with E-state index in [1.807, 2.05) is 0 Å². The van der Waals surface area contributed by atoms with Crippen LogP contribution in [0.5, 0.6) is 0 Å². The Morgan fingerprint density at radius 3 is 1.93 bits per heavy atom. The van der Waals surface area contributed by atoms with Gasteiger partial charge in [0, 0.05) is 7.05 Å². The summed E-state index contributed by atoms with van der Waals surface area (Å²) in [6.45, 7) is -0.227. The number of nitrogens with two attached hydrogens (primary N) is 1. The summed E-state index contributed by atoms with van der Waals surface area (Å²) in [5.41, 5.74) is 4.93. The van der Waals surface area contributed by atoms with Crippen molar-refractivity contribution in [3.8, 4) is 0 Å². The number of guanidine groups is 1. The predicted molar refractivity (Wildman–Crippen MR) is 44.2 cm³/mol. The Balaban J connectivity index is -0.000000208. The van der Waals surface area contributed by atoms with Gasteiger partial charge in [-0.15, -0.1) is 0 Å². The van der Waals surface area contributed by atoms with Crippen LogP contribution in [-0.4, -0.2) is 45.3 Å². The minimum atomic E-state index is -4.89. The molecule has 0 aliphatic heterocycles. The first-order chi connectivity index (χ1) is 6.04. The number of carboxylic acids is 1. The van der Waals surface area contributed by atoms with Crippen molar-refractivity contribution in [2.75, 3.05) is 13.6 Å². The van der Waals surface area contributed by atoms with Crippen LogP contribution in [0.25, 0.3) is 0 Å². The molecule has 0 amide bonds. The number of hydrogen-bond acceptors (Lipinski definition) is 4. The van der Waals surface area contributed by atoms with E-state index in [1.54, 1.807) is 0 Å². The van der Waals surface area contributed by atoms with Gasteiger partial charge in [-0.1, -0.05) is 0 Å². The topological polar surface area (TPSA) is 171 Å². The second-order valence-electron chi connectivity index (χ2n) is 2.13. The monoisotopic (exact) mass is 267 g/mol. The average molecular weight is 267 g/mol. The van der Waals surface area contributed by atoms with Crippen molar-refractivity contribution in [3.05, 3.63) is 0 Å². The Bertz CT molecular complexity index is 246. The minimum Gasteiger partial charge on any atom is -0.756 e. The van der Waals surface area contributed by atoms with Gasteiger partial charge in [0.2, 0.25) is 0 Å². The first kappa shape index (κ1) is 20.8. The van der Waals surface area contributed by atoms with Crippen LogP contribution in [0.3, 0.4) is 0 Å². The SMILES string of the molecule is CN(CC(=O)O)C(=N)N.O=P([O-])(O)O.[K+]. The van der Waals surface area contributed by atoms with E-state index in [1.165, 1.54) is 7.05 Å². The van der Waals surface area contributed by atoms with Crippen molar-refractivity contribution < 1.29 is 80.5 Å². The molecule has 0 aromatic rings. The summed E-state index contributed by atoms with van der Waals surface area (Å²) >= 11 is 0. The maximum atomic E-state index is 9.92. The molecule has 0 aliphatic carbocycles. The van der Waals surface area contributed by atoms with Gasteiger partial charge in [-0.3, -0.25) is 14.8 Å².